The van der Waals surface area contributed by atoms with Crippen LogP contribution in [-0.4, -0.2) is 25.5 Å². The van der Waals surface area contributed by atoms with E-state index in [2.05, 4.69) is 38.1 Å². The number of nitrogens with zero attached hydrogens (tertiary/aromatic N) is 1. The molecule has 0 saturated heterocycles. The van der Waals surface area contributed by atoms with Crippen LogP contribution in [0, 0.1) is 5.92 Å². The molecular weight excluding hydrogens is 220 g/mol. The minimum Gasteiger partial charge on any atom is -0.330 e. The Balaban J connectivity index is 2.81. The summed E-state index contributed by atoms with van der Waals surface area (Å²) in [6.45, 7) is 2.92. The Bertz CT molecular complexity index is 308. The molecule has 2 nitrogen and oxygen atoms in total. The predicted molar refractivity (Wildman–Crippen MR) is 70.7 cm³/mol. The quantitative estimate of drug-likeness (QED) is 0.858. The van der Waals surface area contributed by atoms with E-state index in [0.29, 0.717) is 12.0 Å². The Labute approximate surface area is 103 Å². The van der Waals surface area contributed by atoms with Gasteiger partial charge in [-0.15, -0.1) is 0 Å². The molecule has 0 aromatic heterocycles. The molecule has 1 rings (SSSR count). The molecule has 2 N–H and O–H groups in total. The van der Waals surface area contributed by atoms with Gasteiger partial charge in [0, 0.05) is 11.1 Å². The highest BCUT2D eigenvalue weighted by Gasteiger charge is 2.16. The Hall–Kier alpha value is -0.570. The minimum atomic E-state index is 0.413. The van der Waals surface area contributed by atoms with Crippen molar-refractivity contribution in [3.63, 3.8) is 0 Å². The molecule has 0 fully saturated rings. The zero-order valence-electron chi connectivity index (χ0n) is 10.3. The van der Waals surface area contributed by atoms with Crippen LogP contribution >= 0.6 is 11.6 Å². The minimum absolute atomic E-state index is 0.413. The van der Waals surface area contributed by atoms with Gasteiger partial charge in [0.1, 0.15) is 0 Å². The number of rotatable bonds is 5. The fourth-order valence-electron chi connectivity index (χ4n) is 1.81. The summed E-state index contributed by atoms with van der Waals surface area (Å²) in [6.07, 6.45) is 1.07. The van der Waals surface area contributed by atoms with Crippen molar-refractivity contribution in [3.05, 3.63) is 34.9 Å². The summed E-state index contributed by atoms with van der Waals surface area (Å²) in [5.74, 6) is 0.531. The first-order chi connectivity index (χ1) is 7.54. The van der Waals surface area contributed by atoms with Gasteiger partial charge in [-0.25, -0.2) is 0 Å². The van der Waals surface area contributed by atoms with Gasteiger partial charge in [-0.2, -0.15) is 0 Å². The SMILES string of the molecule is CC(CN)CC(c1ccc(Cl)cc1)N(C)C. The summed E-state index contributed by atoms with van der Waals surface area (Å²) in [7, 11) is 4.20. The molecule has 16 heavy (non-hydrogen) atoms. The van der Waals surface area contributed by atoms with E-state index in [9.17, 15) is 0 Å². The Morgan fingerprint density at radius 3 is 2.25 bits per heavy atom. The lowest BCUT2D eigenvalue weighted by Gasteiger charge is -2.27. The topological polar surface area (TPSA) is 29.3 Å². The highest BCUT2D eigenvalue weighted by molar-refractivity contribution is 6.30. The molecule has 0 aliphatic rings. The summed E-state index contributed by atoms with van der Waals surface area (Å²) in [5, 5.41) is 0.785. The normalized spacial score (nSPS) is 15.1. The van der Waals surface area contributed by atoms with Crippen molar-refractivity contribution >= 4 is 11.6 Å². The lowest BCUT2D eigenvalue weighted by atomic mass is 9.95. The van der Waals surface area contributed by atoms with Crippen LogP contribution in [0.25, 0.3) is 0 Å². The molecule has 0 saturated carbocycles. The second-order valence-corrected chi connectivity index (χ2v) is 5.04. The highest BCUT2D eigenvalue weighted by Crippen LogP contribution is 2.26. The fraction of sp³-hybridized carbons (Fsp3) is 0.538. The van der Waals surface area contributed by atoms with Crippen molar-refractivity contribution in [3.8, 4) is 0 Å². The molecule has 1 aromatic carbocycles. The average Bonchev–Trinajstić information content (AvgIpc) is 2.26. The first-order valence-electron chi connectivity index (χ1n) is 5.66. The molecule has 0 amide bonds. The molecule has 0 aliphatic heterocycles. The fourth-order valence-corrected chi connectivity index (χ4v) is 1.93. The van der Waals surface area contributed by atoms with Crippen molar-refractivity contribution < 1.29 is 0 Å². The molecule has 3 heteroatoms. The second kappa shape index (κ2) is 6.24. The maximum atomic E-state index is 5.90. The first kappa shape index (κ1) is 13.5. The van der Waals surface area contributed by atoms with Crippen LogP contribution in [0.1, 0.15) is 24.9 Å². The smallest absolute Gasteiger partial charge is 0.0406 e. The number of nitrogens with two attached hydrogens (primary N) is 1. The van der Waals surface area contributed by atoms with Crippen molar-refractivity contribution in [1.29, 1.82) is 0 Å². The molecule has 2 unspecified atom stereocenters. The molecular formula is C13H21ClN2. The van der Waals surface area contributed by atoms with E-state index in [1.807, 2.05) is 12.1 Å². The van der Waals surface area contributed by atoms with E-state index in [-0.39, 0.29) is 0 Å². The Morgan fingerprint density at radius 1 is 1.25 bits per heavy atom. The van der Waals surface area contributed by atoms with Gasteiger partial charge in [0.25, 0.3) is 0 Å². The van der Waals surface area contributed by atoms with E-state index in [1.165, 1.54) is 5.56 Å². The van der Waals surface area contributed by atoms with Gasteiger partial charge < -0.3 is 10.6 Å². The van der Waals surface area contributed by atoms with Crippen LogP contribution in [-0.2, 0) is 0 Å². The lowest BCUT2D eigenvalue weighted by Crippen LogP contribution is -2.24. The van der Waals surface area contributed by atoms with Crippen molar-refractivity contribution in [1.82, 2.24) is 4.90 Å². The predicted octanol–water partition coefficient (Wildman–Crippen LogP) is 2.93. The zero-order chi connectivity index (χ0) is 12.1. The number of hydrogen-bond acceptors (Lipinski definition) is 2. The molecule has 0 aliphatic carbocycles. The summed E-state index contributed by atoms with van der Waals surface area (Å²) < 4.78 is 0. The van der Waals surface area contributed by atoms with Gasteiger partial charge >= 0.3 is 0 Å². The molecule has 1 aromatic rings. The van der Waals surface area contributed by atoms with E-state index in [1.54, 1.807) is 0 Å². The summed E-state index contributed by atoms with van der Waals surface area (Å²) in [5.41, 5.74) is 6.98. The third-order valence-corrected chi connectivity index (χ3v) is 3.16. The van der Waals surface area contributed by atoms with E-state index in [0.717, 1.165) is 18.0 Å². The summed E-state index contributed by atoms with van der Waals surface area (Å²) in [4.78, 5) is 2.23. The van der Waals surface area contributed by atoms with E-state index < -0.39 is 0 Å². The van der Waals surface area contributed by atoms with E-state index >= 15 is 0 Å². The maximum absolute atomic E-state index is 5.90. The number of halogens is 1. The third-order valence-electron chi connectivity index (χ3n) is 2.91. The van der Waals surface area contributed by atoms with Crippen LogP contribution in [0.15, 0.2) is 24.3 Å². The molecule has 0 bridgehead atoms. The van der Waals surface area contributed by atoms with Crippen LogP contribution in [0.2, 0.25) is 5.02 Å². The van der Waals surface area contributed by atoms with Crippen molar-refractivity contribution in [2.24, 2.45) is 11.7 Å². The van der Waals surface area contributed by atoms with Gasteiger partial charge in [0.05, 0.1) is 0 Å². The van der Waals surface area contributed by atoms with Crippen molar-refractivity contribution in [2.45, 2.75) is 19.4 Å². The van der Waals surface area contributed by atoms with Crippen LogP contribution < -0.4 is 5.73 Å². The monoisotopic (exact) mass is 240 g/mol. The molecule has 0 radical (unpaired) electrons. The molecule has 0 spiro atoms. The number of hydrogen-bond donors (Lipinski definition) is 1. The molecule has 0 heterocycles. The summed E-state index contributed by atoms with van der Waals surface area (Å²) in [6, 6.07) is 8.49. The number of benzene rings is 1. The van der Waals surface area contributed by atoms with Crippen LogP contribution in [0.4, 0.5) is 0 Å². The van der Waals surface area contributed by atoms with E-state index in [4.69, 9.17) is 17.3 Å². The largest absolute Gasteiger partial charge is 0.330 e. The third kappa shape index (κ3) is 3.78. The van der Waals surface area contributed by atoms with Crippen molar-refractivity contribution in [2.75, 3.05) is 20.6 Å². The lowest BCUT2D eigenvalue weighted by molar-refractivity contribution is 0.255. The summed E-state index contributed by atoms with van der Waals surface area (Å²) >= 11 is 5.90. The van der Waals surface area contributed by atoms with Crippen LogP contribution in [0.3, 0.4) is 0 Å². The van der Waals surface area contributed by atoms with Gasteiger partial charge in [0.2, 0.25) is 0 Å². The first-order valence-corrected chi connectivity index (χ1v) is 6.04. The van der Waals surface area contributed by atoms with Gasteiger partial charge in [0.15, 0.2) is 0 Å². The second-order valence-electron chi connectivity index (χ2n) is 4.61. The standard InChI is InChI=1S/C13H21ClN2/c1-10(9-15)8-13(16(2)3)11-4-6-12(14)7-5-11/h4-7,10,13H,8-9,15H2,1-3H3. The average molecular weight is 241 g/mol. The van der Waals surface area contributed by atoms with Gasteiger partial charge in [-0.05, 0) is 50.7 Å². The zero-order valence-corrected chi connectivity index (χ0v) is 11.0. The van der Waals surface area contributed by atoms with Gasteiger partial charge in [-0.3, -0.25) is 0 Å². The Morgan fingerprint density at radius 2 is 1.81 bits per heavy atom. The molecule has 2 atom stereocenters. The Kier molecular flexibility index (Phi) is 5.26. The highest BCUT2D eigenvalue weighted by atomic mass is 35.5. The van der Waals surface area contributed by atoms with Crippen LogP contribution in [0.5, 0.6) is 0 Å². The maximum Gasteiger partial charge on any atom is 0.0406 e. The molecule has 90 valence electrons. The van der Waals surface area contributed by atoms with Gasteiger partial charge in [-0.1, -0.05) is 30.7 Å².